The van der Waals surface area contributed by atoms with E-state index in [1.807, 2.05) is 4.90 Å². The number of carbonyl (C=O) groups is 2. The van der Waals surface area contributed by atoms with E-state index in [0.717, 1.165) is 0 Å². The summed E-state index contributed by atoms with van der Waals surface area (Å²) >= 11 is 7.22. The molecule has 2 aromatic rings. The van der Waals surface area contributed by atoms with E-state index in [1.165, 1.54) is 28.8 Å². The van der Waals surface area contributed by atoms with Gasteiger partial charge >= 0.3 is 5.97 Å². The number of ether oxygens (including phenoxy) is 1. The van der Waals surface area contributed by atoms with Crippen molar-refractivity contribution in [3.05, 3.63) is 45.6 Å². The second kappa shape index (κ2) is 9.23. The predicted molar refractivity (Wildman–Crippen MR) is 111 cm³/mol. The number of sulfonamides is 1. The van der Waals surface area contributed by atoms with E-state index in [4.69, 9.17) is 16.3 Å². The van der Waals surface area contributed by atoms with Gasteiger partial charge in [0, 0.05) is 26.2 Å². The van der Waals surface area contributed by atoms with Crippen molar-refractivity contribution in [3.63, 3.8) is 0 Å². The van der Waals surface area contributed by atoms with Crippen LogP contribution in [-0.4, -0.2) is 69.3 Å². The van der Waals surface area contributed by atoms with Gasteiger partial charge in [-0.2, -0.15) is 4.31 Å². The van der Waals surface area contributed by atoms with Gasteiger partial charge in [-0.1, -0.05) is 23.7 Å². The monoisotopic (exact) mass is 457 g/mol. The second-order valence-electron chi connectivity index (χ2n) is 6.31. The number of anilines is 1. The van der Waals surface area contributed by atoms with Crippen LogP contribution in [0.3, 0.4) is 0 Å². The number of nitrogens with one attached hydrogen (secondary N) is 1. The molecule has 1 aliphatic heterocycles. The maximum atomic E-state index is 12.8. The number of benzene rings is 1. The van der Waals surface area contributed by atoms with Gasteiger partial charge in [0.2, 0.25) is 15.9 Å². The summed E-state index contributed by atoms with van der Waals surface area (Å²) in [7, 11) is -2.40. The molecule has 0 aliphatic carbocycles. The molecule has 1 aromatic heterocycles. The van der Waals surface area contributed by atoms with Gasteiger partial charge in [0.25, 0.3) is 0 Å². The van der Waals surface area contributed by atoms with Crippen molar-refractivity contribution in [2.24, 2.45) is 0 Å². The zero-order chi connectivity index (χ0) is 21.0. The third-order valence-corrected chi connectivity index (χ3v) is 7.76. The molecule has 1 aliphatic rings. The van der Waals surface area contributed by atoms with Gasteiger partial charge in [-0.25, -0.2) is 13.2 Å². The number of hydrogen-bond acceptors (Lipinski definition) is 7. The lowest BCUT2D eigenvalue weighted by Gasteiger charge is -2.33. The number of methoxy groups -OCH3 is 1. The van der Waals surface area contributed by atoms with Crippen LogP contribution in [0.2, 0.25) is 5.02 Å². The highest BCUT2D eigenvalue weighted by atomic mass is 35.5. The molecule has 2 heterocycles. The summed E-state index contributed by atoms with van der Waals surface area (Å²) in [5.74, 6) is -0.787. The van der Waals surface area contributed by atoms with Crippen LogP contribution in [0.5, 0.6) is 0 Å². The molecule has 8 nitrogen and oxygen atoms in total. The molecule has 0 radical (unpaired) electrons. The van der Waals surface area contributed by atoms with Crippen LogP contribution in [0.1, 0.15) is 9.67 Å². The van der Waals surface area contributed by atoms with Gasteiger partial charge in [-0.15, -0.1) is 11.3 Å². The first kappa shape index (κ1) is 21.7. The second-order valence-corrected chi connectivity index (χ2v) is 9.54. The molecule has 1 N–H and O–H groups in total. The summed E-state index contributed by atoms with van der Waals surface area (Å²) in [6.07, 6.45) is 0. The summed E-state index contributed by atoms with van der Waals surface area (Å²) in [4.78, 5) is 26.3. The van der Waals surface area contributed by atoms with E-state index in [0.29, 0.717) is 23.7 Å². The number of piperazine rings is 1. The van der Waals surface area contributed by atoms with Crippen molar-refractivity contribution < 1.29 is 22.7 Å². The molecule has 0 saturated carbocycles. The SMILES string of the molecule is COC(=O)c1sccc1NC(=O)CN1CCN(S(=O)(=O)c2ccccc2Cl)CC1. The molecule has 1 amide bonds. The van der Waals surface area contributed by atoms with Gasteiger partial charge in [0.05, 0.1) is 24.4 Å². The quantitative estimate of drug-likeness (QED) is 0.667. The maximum absolute atomic E-state index is 12.8. The minimum atomic E-state index is -3.68. The lowest BCUT2D eigenvalue weighted by molar-refractivity contribution is -0.117. The zero-order valence-electron chi connectivity index (χ0n) is 15.6. The number of nitrogens with zero attached hydrogens (tertiary/aromatic N) is 2. The minimum Gasteiger partial charge on any atom is -0.465 e. The average molecular weight is 458 g/mol. The molecular weight excluding hydrogens is 438 g/mol. The van der Waals surface area contributed by atoms with Crippen molar-refractivity contribution in [1.29, 1.82) is 0 Å². The van der Waals surface area contributed by atoms with E-state index in [2.05, 4.69) is 5.32 Å². The number of halogens is 1. The fourth-order valence-electron chi connectivity index (χ4n) is 2.97. The lowest BCUT2D eigenvalue weighted by Crippen LogP contribution is -2.50. The Kier molecular flexibility index (Phi) is 6.91. The minimum absolute atomic E-state index is 0.0839. The van der Waals surface area contributed by atoms with E-state index < -0.39 is 16.0 Å². The molecule has 0 atom stereocenters. The van der Waals surface area contributed by atoms with Crippen molar-refractivity contribution >= 4 is 50.5 Å². The largest absolute Gasteiger partial charge is 0.465 e. The molecule has 0 bridgehead atoms. The third-order valence-electron chi connectivity index (χ3n) is 4.46. The summed E-state index contributed by atoms with van der Waals surface area (Å²) in [6.45, 7) is 1.42. The van der Waals surface area contributed by atoms with Gasteiger partial charge < -0.3 is 10.1 Å². The molecule has 11 heteroatoms. The fourth-order valence-corrected chi connectivity index (χ4v) is 5.65. The number of rotatable bonds is 6. The Bertz CT molecular complexity index is 1000. The lowest BCUT2D eigenvalue weighted by atomic mass is 10.3. The van der Waals surface area contributed by atoms with Crippen LogP contribution >= 0.6 is 22.9 Å². The standard InChI is InChI=1S/C18H20ClN3O5S2/c1-27-18(24)17-14(6-11-28-17)20-16(23)12-21-7-9-22(10-8-21)29(25,26)15-5-3-2-4-13(15)19/h2-6,11H,7-10,12H2,1H3,(H,20,23). The zero-order valence-corrected chi connectivity index (χ0v) is 18.0. The van der Waals surface area contributed by atoms with Crippen LogP contribution in [0.4, 0.5) is 5.69 Å². The molecule has 0 spiro atoms. The van der Waals surface area contributed by atoms with Gasteiger partial charge in [0.1, 0.15) is 9.77 Å². The molecule has 1 saturated heterocycles. The van der Waals surface area contributed by atoms with Crippen molar-refractivity contribution in [3.8, 4) is 0 Å². The van der Waals surface area contributed by atoms with Crippen LogP contribution in [0.15, 0.2) is 40.6 Å². The van der Waals surface area contributed by atoms with Gasteiger partial charge in [-0.05, 0) is 23.6 Å². The topological polar surface area (TPSA) is 96.0 Å². The Morgan fingerprint density at radius 2 is 1.86 bits per heavy atom. The van der Waals surface area contributed by atoms with E-state index in [9.17, 15) is 18.0 Å². The van der Waals surface area contributed by atoms with Crippen LogP contribution in [0.25, 0.3) is 0 Å². The molecule has 3 rings (SSSR count). The number of thiophene rings is 1. The Morgan fingerprint density at radius 1 is 1.17 bits per heavy atom. The van der Waals surface area contributed by atoms with Crippen LogP contribution in [0, 0.1) is 0 Å². The molecule has 1 fully saturated rings. The predicted octanol–water partition coefficient (Wildman–Crippen LogP) is 2.13. The Labute approximate surface area is 178 Å². The highest BCUT2D eigenvalue weighted by Gasteiger charge is 2.30. The fraction of sp³-hybridized carbons (Fsp3) is 0.333. The van der Waals surface area contributed by atoms with Crippen LogP contribution < -0.4 is 5.32 Å². The molecule has 29 heavy (non-hydrogen) atoms. The molecular formula is C18H20ClN3O5S2. The summed E-state index contributed by atoms with van der Waals surface area (Å²) in [6, 6.07) is 7.98. The first-order valence-corrected chi connectivity index (χ1v) is 11.5. The maximum Gasteiger partial charge on any atom is 0.350 e. The van der Waals surface area contributed by atoms with E-state index in [1.54, 1.807) is 29.6 Å². The molecule has 0 unspecified atom stereocenters. The van der Waals surface area contributed by atoms with Crippen molar-refractivity contribution in [2.75, 3.05) is 45.2 Å². The summed E-state index contributed by atoms with van der Waals surface area (Å²) in [5, 5.41) is 4.59. The first-order chi connectivity index (χ1) is 13.8. The van der Waals surface area contributed by atoms with Crippen molar-refractivity contribution in [2.45, 2.75) is 4.90 Å². The Hall–Kier alpha value is -1.98. The molecule has 1 aromatic carbocycles. The highest BCUT2D eigenvalue weighted by Crippen LogP contribution is 2.25. The normalized spacial score (nSPS) is 15.8. The summed E-state index contributed by atoms with van der Waals surface area (Å²) < 4.78 is 31.6. The Morgan fingerprint density at radius 3 is 2.52 bits per heavy atom. The first-order valence-electron chi connectivity index (χ1n) is 8.75. The number of hydrogen-bond donors (Lipinski definition) is 1. The number of amides is 1. The Balaban J connectivity index is 1.56. The highest BCUT2D eigenvalue weighted by molar-refractivity contribution is 7.89. The molecule has 156 valence electrons. The van der Waals surface area contributed by atoms with Crippen molar-refractivity contribution in [1.82, 2.24) is 9.21 Å². The summed E-state index contributed by atoms with van der Waals surface area (Å²) in [5.41, 5.74) is 0.409. The third kappa shape index (κ3) is 4.96. The average Bonchev–Trinajstić information content (AvgIpc) is 3.16. The van der Waals surface area contributed by atoms with Gasteiger partial charge in [0.15, 0.2) is 0 Å². The van der Waals surface area contributed by atoms with Gasteiger partial charge in [-0.3, -0.25) is 9.69 Å². The number of carbonyl (C=O) groups excluding carboxylic acids is 2. The van der Waals surface area contributed by atoms with E-state index in [-0.39, 0.29) is 35.5 Å². The smallest absolute Gasteiger partial charge is 0.350 e. The number of esters is 1. The van der Waals surface area contributed by atoms with Crippen LogP contribution in [-0.2, 0) is 19.6 Å². The van der Waals surface area contributed by atoms with E-state index >= 15 is 0 Å².